The molecule has 7 nitrogen and oxygen atoms in total. The van der Waals surface area contributed by atoms with Crippen LogP contribution in [-0.2, 0) is 6.54 Å². The third-order valence-corrected chi connectivity index (χ3v) is 6.05. The van der Waals surface area contributed by atoms with E-state index in [1.54, 1.807) is 44.7 Å². The molecule has 0 saturated carbocycles. The molecule has 0 saturated heterocycles. The highest BCUT2D eigenvalue weighted by atomic mass is 32.2. The zero-order chi connectivity index (χ0) is 22.5. The molecule has 0 unspecified atom stereocenters. The lowest BCUT2D eigenvalue weighted by Crippen LogP contribution is -2.15. The first-order valence-corrected chi connectivity index (χ1v) is 10.9. The summed E-state index contributed by atoms with van der Waals surface area (Å²) in [4.78, 5) is 13.0. The Hall–Kier alpha value is -3.52. The topological polar surface area (TPSA) is 79.4 Å². The summed E-state index contributed by atoms with van der Waals surface area (Å²) in [5, 5.41) is 9.08. The molecule has 0 aliphatic rings. The lowest BCUT2D eigenvalue weighted by molar-refractivity contribution is 0.0994. The van der Waals surface area contributed by atoms with Gasteiger partial charge in [0.2, 0.25) is 0 Å². The molecule has 0 fully saturated rings. The lowest BCUT2D eigenvalue weighted by Gasteiger charge is -2.13. The number of furan rings is 1. The molecular weight excluding hydrogens is 426 g/mol. The molecule has 32 heavy (non-hydrogen) atoms. The maximum Gasteiger partial charge on any atom is 0.192 e. The average molecular weight is 450 g/mol. The van der Waals surface area contributed by atoms with Gasteiger partial charge in [-0.1, -0.05) is 23.9 Å². The first-order valence-electron chi connectivity index (χ1n) is 10.0. The Morgan fingerprint density at radius 3 is 2.50 bits per heavy atom. The van der Waals surface area contributed by atoms with Crippen molar-refractivity contribution >= 4 is 17.5 Å². The Labute approximate surface area is 190 Å². The summed E-state index contributed by atoms with van der Waals surface area (Å²) in [6, 6.07) is 18.5. The molecule has 0 spiro atoms. The van der Waals surface area contributed by atoms with Crippen molar-refractivity contribution in [2.45, 2.75) is 23.9 Å². The molecule has 2 aromatic carbocycles. The largest absolute Gasteiger partial charge is 0.497 e. The summed E-state index contributed by atoms with van der Waals surface area (Å²) in [5.74, 6) is 2.89. The van der Waals surface area contributed by atoms with Crippen molar-refractivity contribution in [2.75, 3.05) is 14.2 Å². The molecule has 1 atom stereocenters. The molecule has 2 aromatic heterocycles. The number of thioether (sulfide) groups is 1. The van der Waals surface area contributed by atoms with Crippen LogP contribution in [0.25, 0.3) is 11.4 Å². The molecule has 0 aliphatic carbocycles. The van der Waals surface area contributed by atoms with Gasteiger partial charge in [-0.15, -0.1) is 10.2 Å². The number of benzene rings is 2. The van der Waals surface area contributed by atoms with E-state index in [2.05, 4.69) is 10.2 Å². The maximum absolute atomic E-state index is 13.0. The number of carbonyl (C=O) groups excluding carboxylic acids is 1. The highest BCUT2D eigenvalue weighted by Gasteiger charge is 2.22. The van der Waals surface area contributed by atoms with Crippen LogP contribution in [0.15, 0.2) is 76.5 Å². The predicted molar refractivity (Wildman–Crippen MR) is 122 cm³/mol. The van der Waals surface area contributed by atoms with Crippen molar-refractivity contribution in [3.8, 4) is 22.9 Å². The Bertz CT molecular complexity index is 1190. The highest BCUT2D eigenvalue weighted by Crippen LogP contribution is 2.30. The van der Waals surface area contributed by atoms with Gasteiger partial charge in [-0.3, -0.25) is 9.36 Å². The summed E-state index contributed by atoms with van der Waals surface area (Å²) in [5.41, 5.74) is 1.49. The van der Waals surface area contributed by atoms with Gasteiger partial charge in [0.1, 0.15) is 17.3 Å². The molecule has 0 amide bonds. The number of nitrogens with zero attached hydrogens (tertiary/aromatic N) is 3. The van der Waals surface area contributed by atoms with Gasteiger partial charge < -0.3 is 13.9 Å². The van der Waals surface area contributed by atoms with E-state index in [1.807, 2.05) is 47.9 Å². The van der Waals surface area contributed by atoms with Crippen molar-refractivity contribution in [3.05, 3.63) is 78.3 Å². The minimum absolute atomic E-state index is 0.00753. The van der Waals surface area contributed by atoms with Gasteiger partial charge in [0.25, 0.3) is 0 Å². The van der Waals surface area contributed by atoms with E-state index in [0.717, 1.165) is 17.1 Å². The van der Waals surface area contributed by atoms with Crippen LogP contribution in [0.2, 0.25) is 0 Å². The van der Waals surface area contributed by atoms with E-state index >= 15 is 0 Å². The second kappa shape index (κ2) is 9.74. The Morgan fingerprint density at radius 2 is 1.81 bits per heavy atom. The van der Waals surface area contributed by atoms with Crippen LogP contribution in [-0.4, -0.2) is 40.0 Å². The number of ketones is 1. The predicted octanol–water partition coefficient (Wildman–Crippen LogP) is 4.97. The molecule has 0 bridgehead atoms. The second-order valence-corrected chi connectivity index (χ2v) is 8.36. The number of carbonyl (C=O) groups is 1. The quantitative estimate of drug-likeness (QED) is 0.264. The summed E-state index contributed by atoms with van der Waals surface area (Å²) in [6.45, 7) is 2.31. The molecule has 8 heteroatoms. The van der Waals surface area contributed by atoms with Gasteiger partial charge in [0.05, 0.1) is 32.3 Å². The van der Waals surface area contributed by atoms with Crippen molar-refractivity contribution < 1.29 is 18.7 Å². The van der Waals surface area contributed by atoms with Crippen LogP contribution in [0.3, 0.4) is 0 Å². The number of hydrogen-bond acceptors (Lipinski definition) is 7. The van der Waals surface area contributed by atoms with Gasteiger partial charge >= 0.3 is 0 Å². The summed E-state index contributed by atoms with van der Waals surface area (Å²) >= 11 is 1.37. The molecule has 4 aromatic rings. The van der Waals surface area contributed by atoms with Crippen molar-refractivity contribution in [1.82, 2.24) is 14.8 Å². The SMILES string of the molecule is COc1ccc(C(=O)[C@H](C)Sc2nnc(-c3cccc(OC)c3)n2Cc2ccco2)cc1. The van der Waals surface area contributed by atoms with E-state index in [0.29, 0.717) is 28.8 Å². The van der Waals surface area contributed by atoms with Gasteiger partial charge in [0.15, 0.2) is 16.8 Å². The first-order chi connectivity index (χ1) is 15.6. The zero-order valence-corrected chi connectivity index (χ0v) is 18.8. The van der Waals surface area contributed by atoms with Gasteiger partial charge in [-0.2, -0.15) is 0 Å². The standard InChI is InChI=1S/C24H23N3O4S/c1-16(22(28)17-9-11-19(29-2)12-10-17)32-24-26-25-23(18-6-4-7-20(14-18)30-3)27(24)15-21-8-5-13-31-21/h4-14,16H,15H2,1-3H3/t16-/m0/s1. The highest BCUT2D eigenvalue weighted by molar-refractivity contribution is 8.00. The van der Waals surface area contributed by atoms with E-state index in [-0.39, 0.29) is 11.0 Å². The normalized spacial score (nSPS) is 11.8. The Kier molecular flexibility index (Phi) is 6.61. The van der Waals surface area contributed by atoms with E-state index in [1.165, 1.54) is 11.8 Å². The van der Waals surface area contributed by atoms with Gasteiger partial charge in [-0.25, -0.2) is 0 Å². The fraction of sp³-hybridized carbons (Fsp3) is 0.208. The molecule has 164 valence electrons. The smallest absolute Gasteiger partial charge is 0.192 e. The molecule has 0 aliphatic heterocycles. The average Bonchev–Trinajstić information content (AvgIpc) is 3.49. The zero-order valence-electron chi connectivity index (χ0n) is 18.0. The van der Waals surface area contributed by atoms with Crippen LogP contribution in [0, 0.1) is 0 Å². The molecule has 4 rings (SSSR count). The van der Waals surface area contributed by atoms with Gasteiger partial charge in [-0.05, 0) is 55.5 Å². The van der Waals surface area contributed by atoms with Gasteiger partial charge in [0, 0.05) is 11.1 Å². The Morgan fingerprint density at radius 1 is 1.03 bits per heavy atom. The lowest BCUT2D eigenvalue weighted by atomic mass is 10.1. The van der Waals surface area contributed by atoms with Crippen molar-refractivity contribution in [2.24, 2.45) is 0 Å². The van der Waals surface area contributed by atoms with Crippen LogP contribution in [0.1, 0.15) is 23.0 Å². The first kappa shape index (κ1) is 21.7. The molecule has 0 N–H and O–H groups in total. The number of aromatic nitrogens is 3. The second-order valence-electron chi connectivity index (χ2n) is 7.06. The summed E-state index contributed by atoms with van der Waals surface area (Å²) < 4.78 is 18.0. The third-order valence-electron chi connectivity index (χ3n) is 4.96. The van der Waals surface area contributed by atoms with E-state index in [4.69, 9.17) is 13.9 Å². The number of ether oxygens (including phenoxy) is 2. The number of Topliss-reactive ketones (excluding diaryl/α,β-unsaturated/α-hetero) is 1. The van der Waals surface area contributed by atoms with Crippen LogP contribution >= 0.6 is 11.8 Å². The third kappa shape index (κ3) is 4.70. The molecular formula is C24H23N3O4S. The maximum atomic E-state index is 13.0. The fourth-order valence-electron chi connectivity index (χ4n) is 3.25. The van der Waals surface area contributed by atoms with Crippen LogP contribution in [0.4, 0.5) is 0 Å². The van der Waals surface area contributed by atoms with Crippen LogP contribution in [0.5, 0.6) is 11.5 Å². The Balaban J connectivity index is 1.63. The molecule has 2 heterocycles. The van der Waals surface area contributed by atoms with Crippen LogP contribution < -0.4 is 9.47 Å². The van der Waals surface area contributed by atoms with Crippen molar-refractivity contribution in [3.63, 3.8) is 0 Å². The number of methoxy groups -OCH3 is 2. The fourth-order valence-corrected chi connectivity index (χ4v) is 4.18. The molecule has 0 radical (unpaired) electrons. The number of hydrogen-bond donors (Lipinski definition) is 0. The number of rotatable bonds is 9. The monoisotopic (exact) mass is 449 g/mol. The minimum Gasteiger partial charge on any atom is -0.497 e. The minimum atomic E-state index is -0.360. The summed E-state index contributed by atoms with van der Waals surface area (Å²) in [7, 11) is 3.22. The van der Waals surface area contributed by atoms with E-state index in [9.17, 15) is 4.79 Å². The summed E-state index contributed by atoms with van der Waals surface area (Å²) in [6.07, 6.45) is 1.63. The van der Waals surface area contributed by atoms with E-state index < -0.39 is 0 Å². The van der Waals surface area contributed by atoms with Crippen molar-refractivity contribution in [1.29, 1.82) is 0 Å².